The predicted octanol–water partition coefficient (Wildman–Crippen LogP) is 4.61. The van der Waals surface area contributed by atoms with Crippen LogP contribution in [-0.4, -0.2) is 13.7 Å². The van der Waals surface area contributed by atoms with Crippen molar-refractivity contribution in [2.75, 3.05) is 19.0 Å². The standard InChI is InChI=1S/C16H17BrFNO2/c1-3-21-15-7-4-11(8-16(15)20-2)10-19-14-6-5-12(18)9-13(14)17/h4-9,19H,3,10H2,1-2H3. The highest BCUT2D eigenvalue weighted by Crippen LogP contribution is 2.29. The largest absolute Gasteiger partial charge is 0.493 e. The van der Waals surface area contributed by atoms with Gasteiger partial charge in [-0.15, -0.1) is 0 Å². The SMILES string of the molecule is CCOc1ccc(CNc2ccc(F)cc2Br)cc1OC. The van der Waals surface area contributed by atoms with Gasteiger partial charge < -0.3 is 14.8 Å². The van der Waals surface area contributed by atoms with Crippen LogP contribution in [0.1, 0.15) is 12.5 Å². The second kappa shape index (κ2) is 7.31. The lowest BCUT2D eigenvalue weighted by Crippen LogP contribution is -2.02. The maximum atomic E-state index is 13.0. The fourth-order valence-corrected chi connectivity index (χ4v) is 2.42. The summed E-state index contributed by atoms with van der Waals surface area (Å²) in [5, 5.41) is 3.25. The van der Waals surface area contributed by atoms with E-state index in [2.05, 4.69) is 21.2 Å². The third kappa shape index (κ3) is 4.11. The number of anilines is 1. The highest BCUT2D eigenvalue weighted by atomic mass is 79.9. The fraction of sp³-hybridized carbons (Fsp3) is 0.250. The van der Waals surface area contributed by atoms with Crippen molar-refractivity contribution in [2.45, 2.75) is 13.5 Å². The zero-order valence-corrected chi connectivity index (χ0v) is 13.5. The first-order valence-corrected chi connectivity index (χ1v) is 7.42. The summed E-state index contributed by atoms with van der Waals surface area (Å²) in [6.07, 6.45) is 0. The second-order valence-electron chi connectivity index (χ2n) is 4.40. The number of nitrogens with one attached hydrogen (secondary N) is 1. The van der Waals surface area contributed by atoms with Crippen LogP contribution in [0.25, 0.3) is 0 Å². The molecule has 0 amide bonds. The van der Waals surface area contributed by atoms with Gasteiger partial charge in [0.15, 0.2) is 11.5 Å². The van der Waals surface area contributed by atoms with E-state index in [9.17, 15) is 4.39 Å². The molecule has 3 nitrogen and oxygen atoms in total. The molecule has 0 saturated carbocycles. The molecule has 0 aliphatic rings. The monoisotopic (exact) mass is 353 g/mol. The summed E-state index contributed by atoms with van der Waals surface area (Å²) in [5.74, 6) is 1.16. The Morgan fingerprint density at radius 2 is 1.95 bits per heavy atom. The Hall–Kier alpha value is -1.75. The smallest absolute Gasteiger partial charge is 0.161 e. The van der Waals surface area contributed by atoms with Gasteiger partial charge in [-0.2, -0.15) is 0 Å². The lowest BCUT2D eigenvalue weighted by atomic mass is 10.2. The van der Waals surface area contributed by atoms with Crippen LogP contribution in [-0.2, 0) is 6.54 Å². The summed E-state index contributed by atoms with van der Waals surface area (Å²) in [5.41, 5.74) is 1.88. The molecule has 2 aromatic carbocycles. The third-order valence-electron chi connectivity index (χ3n) is 2.94. The lowest BCUT2D eigenvalue weighted by molar-refractivity contribution is 0.310. The number of benzene rings is 2. The van der Waals surface area contributed by atoms with Crippen molar-refractivity contribution in [3.63, 3.8) is 0 Å². The van der Waals surface area contributed by atoms with Crippen molar-refractivity contribution >= 4 is 21.6 Å². The maximum absolute atomic E-state index is 13.0. The second-order valence-corrected chi connectivity index (χ2v) is 5.25. The molecule has 0 radical (unpaired) electrons. The highest BCUT2D eigenvalue weighted by molar-refractivity contribution is 9.10. The van der Waals surface area contributed by atoms with Crippen LogP contribution in [0.5, 0.6) is 11.5 Å². The van der Waals surface area contributed by atoms with Crippen molar-refractivity contribution in [2.24, 2.45) is 0 Å². The van der Waals surface area contributed by atoms with E-state index in [1.165, 1.54) is 12.1 Å². The Labute approximate surface area is 132 Å². The van der Waals surface area contributed by atoms with Gasteiger partial charge in [0.05, 0.1) is 13.7 Å². The van der Waals surface area contributed by atoms with Crippen LogP contribution in [0.3, 0.4) is 0 Å². The Balaban J connectivity index is 2.09. The summed E-state index contributed by atoms with van der Waals surface area (Å²) in [4.78, 5) is 0. The normalized spacial score (nSPS) is 10.3. The minimum atomic E-state index is -0.268. The van der Waals surface area contributed by atoms with Crippen LogP contribution in [0.15, 0.2) is 40.9 Å². The molecule has 0 heterocycles. The van der Waals surface area contributed by atoms with Gasteiger partial charge in [0.2, 0.25) is 0 Å². The first kappa shape index (κ1) is 15.6. The molecule has 0 unspecified atom stereocenters. The minimum absolute atomic E-state index is 0.268. The lowest BCUT2D eigenvalue weighted by Gasteiger charge is -2.12. The zero-order chi connectivity index (χ0) is 15.2. The molecule has 0 spiro atoms. The van der Waals surface area contributed by atoms with E-state index in [4.69, 9.17) is 9.47 Å². The summed E-state index contributed by atoms with van der Waals surface area (Å²) in [6.45, 7) is 3.13. The van der Waals surface area contributed by atoms with Crippen molar-refractivity contribution in [3.8, 4) is 11.5 Å². The van der Waals surface area contributed by atoms with E-state index < -0.39 is 0 Å². The molecule has 2 rings (SSSR count). The number of hydrogen-bond donors (Lipinski definition) is 1. The molecule has 0 atom stereocenters. The van der Waals surface area contributed by atoms with Crippen LogP contribution >= 0.6 is 15.9 Å². The van der Waals surface area contributed by atoms with Gasteiger partial charge in [-0.25, -0.2) is 4.39 Å². The molecule has 2 aromatic rings. The minimum Gasteiger partial charge on any atom is -0.493 e. The molecular formula is C16H17BrFNO2. The molecule has 112 valence electrons. The van der Waals surface area contributed by atoms with Crippen LogP contribution in [0, 0.1) is 5.82 Å². The molecule has 0 bridgehead atoms. The van der Waals surface area contributed by atoms with Crippen molar-refractivity contribution in [3.05, 3.63) is 52.3 Å². The van der Waals surface area contributed by atoms with Crippen molar-refractivity contribution in [1.82, 2.24) is 0 Å². The Morgan fingerprint density at radius 3 is 2.62 bits per heavy atom. The van der Waals surface area contributed by atoms with Crippen LogP contribution in [0.2, 0.25) is 0 Å². The Kier molecular flexibility index (Phi) is 5.44. The highest BCUT2D eigenvalue weighted by Gasteiger charge is 2.06. The number of rotatable bonds is 6. The maximum Gasteiger partial charge on any atom is 0.161 e. The van der Waals surface area contributed by atoms with E-state index in [1.807, 2.05) is 25.1 Å². The molecule has 0 aliphatic heterocycles. The molecule has 21 heavy (non-hydrogen) atoms. The Bertz CT molecular complexity index is 619. The topological polar surface area (TPSA) is 30.5 Å². The van der Waals surface area contributed by atoms with Gasteiger partial charge in [0, 0.05) is 16.7 Å². The molecule has 0 aliphatic carbocycles. The van der Waals surface area contributed by atoms with E-state index >= 15 is 0 Å². The summed E-state index contributed by atoms with van der Waals surface area (Å²) < 4.78 is 24.5. The number of ether oxygens (including phenoxy) is 2. The first-order chi connectivity index (χ1) is 10.1. The van der Waals surface area contributed by atoms with Crippen LogP contribution < -0.4 is 14.8 Å². The number of halogens is 2. The van der Waals surface area contributed by atoms with Gasteiger partial charge in [0.1, 0.15) is 5.82 Å². The van der Waals surface area contributed by atoms with E-state index in [1.54, 1.807) is 13.2 Å². The molecule has 0 saturated heterocycles. The number of methoxy groups -OCH3 is 1. The predicted molar refractivity (Wildman–Crippen MR) is 85.6 cm³/mol. The van der Waals surface area contributed by atoms with Crippen LogP contribution in [0.4, 0.5) is 10.1 Å². The summed E-state index contributed by atoms with van der Waals surface area (Å²) >= 11 is 3.33. The first-order valence-electron chi connectivity index (χ1n) is 6.62. The quantitative estimate of drug-likeness (QED) is 0.822. The molecule has 0 fully saturated rings. The van der Waals surface area contributed by atoms with Gasteiger partial charge in [-0.05, 0) is 58.7 Å². The van der Waals surface area contributed by atoms with Gasteiger partial charge in [-0.3, -0.25) is 0 Å². The van der Waals surface area contributed by atoms with Crippen molar-refractivity contribution < 1.29 is 13.9 Å². The fourth-order valence-electron chi connectivity index (χ4n) is 1.93. The van der Waals surface area contributed by atoms with E-state index in [0.29, 0.717) is 23.4 Å². The molecule has 5 heteroatoms. The molecule has 0 aromatic heterocycles. The molecule has 1 N–H and O–H groups in total. The van der Waals surface area contributed by atoms with Crippen molar-refractivity contribution in [1.29, 1.82) is 0 Å². The number of hydrogen-bond acceptors (Lipinski definition) is 3. The van der Waals surface area contributed by atoms with Gasteiger partial charge >= 0.3 is 0 Å². The average molecular weight is 354 g/mol. The zero-order valence-electron chi connectivity index (χ0n) is 12.0. The van der Waals surface area contributed by atoms with Gasteiger partial charge in [-0.1, -0.05) is 6.07 Å². The van der Waals surface area contributed by atoms with E-state index in [0.717, 1.165) is 17.0 Å². The third-order valence-corrected chi connectivity index (χ3v) is 3.60. The van der Waals surface area contributed by atoms with E-state index in [-0.39, 0.29) is 5.82 Å². The Morgan fingerprint density at radius 1 is 1.14 bits per heavy atom. The summed E-state index contributed by atoms with van der Waals surface area (Å²) in [6, 6.07) is 10.3. The average Bonchev–Trinajstić information content (AvgIpc) is 2.47. The summed E-state index contributed by atoms with van der Waals surface area (Å²) in [7, 11) is 1.62. The molecular weight excluding hydrogens is 337 g/mol. The van der Waals surface area contributed by atoms with Gasteiger partial charge in [0.25, 0.3) is 0 Å².